The van der Waals surface area contributed by atoms with Gasteiger partial charge in [-0.2, -0.15) is 0 Å². The van der Waals surface area contributed by atoms with Crippen molar-refractivity contribution in [3.63, 3.8) is 0 Å². The van der Waals surface area contributed by atoms with Crippen molar-refractivity contribution in [2.75, 3.05) is 13.2 Å². The van der Waals surface area contributed by atoms with Gasteiger partial charge in [0.15, 0.2) is 6.61 Å². The maximum Gasteiger partial charge on any atom is 0.310 e. The lowest BCUT2D eigenvalue weighted by Gasteiger charge is -2.14. The molecule has 2 aromatic carbocycles. The Labute approximate surface area is 176 Å². The molecule has 1 atom stereocenters. The number of esters is 1. The minimum atomic E-state index is -0.395. The first-order valence-corrected chi connectivity index (χ1v) is 10.5. The largest absolute Gasteiger partial charge is 0.457 e. The van der Waals surface area contributed by atoms with Gasteiger partial charge in [0, 0.05) is 30.1 Å². The number of hydrogen-bond acceptors (Lipinski definition) is 4. The molecule has 0 aliphatic carbocycles. The number of ketones is 1. The Hall–Kier alpha value is -2.92. The normalized spacial score (nSPS) is 16.1. The van der Waals surface area contributed by atoms with E-state index in [1.54, 1.807) is 0 Å². The van der Waals surface area contributed by atoms with E-state index in [0.717, 1.165) is 53.7 Å². The van der Waals surface area contributed by atoms with Crippen LogP contribution in [0.4, 0.5) is 0 Å². The predicted octanol–water partition coefficient (Wildman–Crippen LogP) is 4.41. The minimum Gasteiger partial charge on any atom is -0.457 e. The van der Waals surface area contributed by atoms with Crippen LogP contribution in [0.3, 0.4) is 0 Å². The van der Waals surface area contributed by atoms with Gasteiger partial charge in [-0.15, -0.1) is 0 Å². The zero-order valence-electron chi connectivity index (χ0n) is 17.5. The number of benzene rings is 2. The Morgan fingerprint density at radius 1 is 1.13 bits per heavy atom. The van der Waals surface area contributed by atoms with Gasteiger partial charge < -0.3 is 14.0 Å². The molecule has 0 radical (unpaired) electrons. The van der Waals surface area contributed by atoms with E-state index in [2.05, 4.69) is 4.57 Å². The Kier molecular flexibility index (Phi) is 6.00. The quantitative estimate of drug-likeness (QED) is 0.432. The van der Waals surface area contributed by atoms with E-state index in [4.69, 9.17) is 9.47 Å². The Balaban J connectivity index is 1.39. The average Bonchev–Trinajstić information content (AvgIpc) is 3.36. The molecule has 0 N–H and O–H groups in total. The van der Waals surface area contributed by atoms with E-state index in [-0.39, 0.29) is 24.9 Å². The van der Waals surface area contributed by atoms with E-state index in [9.17, 15) is 9.59 Å². The lowest BCUT2D eigenvalue weighted by atomic mass is 10.0. The number of carbonyl (C=O) groups excluding carboxylic acids is 2. The smallest absolute Gasteiger partial charge is 0.310 e. The molecular weight excluding hydrogens is 378 g/mol. The number of carbonyl (C=O) groups is 2. The summed E-state index contributed by atoms with van der Waals surface area (Å²) in [6, 6.07) is 15.7. The van der Waals surface area contributed by atoms with Crippen molar-refractivity contribution < 1.29 is 19.1 Å². The van der Waals surface area contributed by atoms with Gasteiger partial charge in [0.05, 0.1) is 12.5 Å². The minimum absolute atomic E-state index is 0.146. The lowest BCUT2D eigenvalue weighted by molar-refractivity contribution is -0.141. The molecule has 156 valence electrons. The Morgan fingerprint density at radius 3 is 2.73 bits per heavy atom. The molecule has 0 bridgehead atoms. The van der Waals surface area contributed by atoms with Crippen LogP contribution >= 0.6 is 0 Å². The highest BCUT2D eigenvalue weighted by atomic mass is 16.5. The fraction of sp³-hybridized carbons (Fsp3) is 0.360. The second-order valence-corrected chi connectivity index (χ2v) is 7.93. The van der Waals surface area contributed by atoms with Crippen molar-refractivity contribution in [3.05, 3.63) is 71.0 Å². The van der Waals surface area contributed by atoms with Crippen LogP contribution in [0, 0.1) is 13.8 Å². The Morgan fingerprint density at radius 2 is 1.93 bits per heavy atom. The summed E-state index contributed by atoms with van der Waals surface area (Å²) < 4.78 is 13.2. The summed E-state index contributed by atoms with van der Waals surface area (Å²) in [6.07, 6.45) is 2.48. The summed E-state index contributed by atoms with van der Waals surface area (Å²) in [5, 5.41) is 2.11. The number of hydrogen-bond donors (Lipinski definition) is 0. The molecule has 0 amide bonds. The van der Waals surface area contributed by atoms with Crippen LogP contribution in [0.15, 0.2) is 48.5 Å². The van der Waals surface area contributed by atoms with Crippen LogP contribution in [0.25, 0.3) is 10.8 Å². The second kappa shape index (κ2) is 8.84. The van der Waals surface area contributed by atoms with Crippen LogP contribution in [-0.2, 0) is 27.2 Å². The third kappa shape index (κ3) is 4.31. The zero-order valence-corrected chi connectivity index (χ0v) is 17.5. The van der Waals surface area contributed by atoms with E-state index in [1.807, 2.05) is 62.4 Å². The summed E-state index contributed by atoms with van der Waals surface area (Å²) in [6.45, 7) is 5.25. The number of aryl methyl sites for hydroxylation is 1. The molecule has 0 unspecified atom stereocenters. The predicted molar refractivity (Wildman–Crippen MR) is 116 cm³/mol. The number of Topliss-reactive ketones (excluding diaryl/α,β-unsaturated/α-hetero) is 1. The fourth-order valence-electron chi connectivity index (χ4n) is 4.23. The molecule has 4 rings (SSSR count). The number of ether oxygens (including phenoxy) is 2. The highest BCUT2D eigenvalue weighted by molar-refractivity contribution is 5.99. The highest BCUT2D eigenvalue weighted by Crippen LogP contribution is 2.22. The van der Waals surface area contributed by atoms with Crippen molar-refractivity contribution in [2.45, 2.75) is 45.8 Å². The standard InChI is InChI=1S/C25H27NO4/c1-17-13-23(18(2)26(17)15-21-10-6-12-29-21)24(27)16-30-25(28)14-20-9-5-8-19-7-3-4-11-22(19)20/h3-5,7-9,11,13,21H,6,10,12,14-16H2,1-2H3/t21-/m1/s1. The molecular formula is C25H27NO4. The summed E-state index contributed by atoms with van der Waals surface area (Å²) >= 11 is 0. The van der Waals surface area contributed by atoms with Crippen molar-refractivity contribution in [1.29, 1.82) is 0 Å². The Bertz CT molecular complexity index is 1070. The summed E-state index contributed by atoms with van der Waals surface area (Å²) in [5.41, 5.74) is 3.44. The first-order valence-electron chi connectivity index (χ1n) is 10.5. The SMILES string of the molecule is Cc1cc(C(=O)COC(=O)Cc2cccc3ccccc23)c(C)n1C[C@H]1CCCO1. The third-order valence-corrected chi connectivity index (χ3v) is 5.86. The monoisotopic (exact) mass is 405 g/mol. The van der Waals surface area contributed by atoms with Crippen LogP contribution in [-0.4, -0.2) is 35.6 Å². The summed E-state index contributed by atoms with van der Waals surface area (Å²) in [7, 11) is 0. The van der Waals surface area contributed by atoms with Crippen molar-refractivity contribution in [2.24, 2.45) is 0 Å². The number of fused-ring (bicyclic) bond motifs is 1. The molecule has 0 spiro atoms. The van der Waals surface area contributed by atoms with E-state index in [0.29, 0.717) is 5.56 Å². The molecule has 1 saturated heterocycles. The van der Waals surface area contributed by atoms with Gasteiger partial charge in [-0.05, 0) is 49.1 Å². The van der Waals surface area contributed by atoms with E-state index < -0.39 is 5.97 Å². The van der Waals surface area contributed by atoms with E-state index >= 15 is 0 Å². The maximum atomic E-state index is 12.7. The molecule has 1 aliphatic rings. The van der Waals surface area contributed by atoms with Gasteiger partial charge in [0.1, 0.15) is 0 Å². The van der Waals surface area contributed by atoms with Gasteiger partial charge in [-0.25, -0.2) is 0 Å². The van der Waals surface area contributed by atoms with Crippen LogP contribution in [0.2, 0.25) is 0 Å². The molecule has 30 heavy (non-hydrogen) atoms. The average molecular weight is 405 g/mol. The van der Waals surface area contributed by atoms with Crippen molar-refractivity contribution in [3.8, 4) is 0 Å². The molecule has 5 heteroatoms. The fourth-order valence-corrected chi connectivity index (χ4v) is 4.23. The third-order valence-electron chi connectivity index (χ3n) is 5.86. The number of nitrogens with zero attached hydrogens (tertiary/aromatic N) is 1. The second-order valence-electron chi connectivity index (χ2n) is 7.93. The number of aromatic nitrogens is 1. The molecule has 5 nitrogen and oxygen atoms in total. The van der Waals surface area contributed by atoms with Gasteiger partial charge in [-0.3, -0.25) is 9.59 Å². The lowest BCUT2D eigenvalue weighted by Crippen LogP contribution is -2.18. The van der Waals surface area contributed by atoms with Gasteiger partial charge in [-0.1, -0.05) is 42.5 Å². The first kappa shape index (κ1) is 20.4. The van der Waals surface area contributed by atoms with Crippen molar-refractivity contribution >= 4 is 22.5 Å². The van der Waals surface area contributed by atoms with Gasteiger partial charge >= 0.3 is 5.97 Å². The molecule has 0 saturated carbocycles. The topological polar surface area (TPSA) is 57.5 Å². The van der Waals surface area contributed by atoms with Gasteiger partial charge in [0.25, 0.3) is 0 Å². The summed E-state index contributed by atoms with van der Waals surface area (Å²) in [4.78, 5) is 25.1. The first-order chi connectivity index (χ1) is 14.5. The maximum absolute atomic E-state index is 12.7. The van der Waals surface area contributed by atoms with Crippen LogP contribution in [0.1, 0.15) is 40.2 Å². The molecule has 3 aromatic rings. The zero-order chi connectivity index (χ0) is 21.1. The number of rotatable bonds is 7. The summed E-state index contributed by atoms with van der Waals surface area (Å²) in [5.74, 6) is -0.569. The highest BCUT2D eigenvalue weighted by Gasteiger charge is 2.21. The van der Waals surface area contributed by atoms with Crippen LogP contribution < -0.4 is 0 Å². The molecule has 1 aliphatic heterocycles. The van der Waals surface area contributed by atoms with Gasteiger partial charge in [0.2, 0.25) is 5.78 Å². The molecule has 2 heterocycles. The van der Waals surface area contributed by atoms with Crippen LogP contribution in [0.5, 0.6) is 0 Å². The van der Waals surface area contributed by atoms with Crippen molar-refractivity contribution in [1.82, 2.24) is 4.57 Å². The van der Waals surface area contributed by atoms with E-state index in [1.165, 1.54) is 0 Å². The molecule has 1 fully saturated rings. The molecule has 1 aromatic heterocycles.